The highest BCUT2D eigenvalue weighted by atomic mass is 15.3. The van der Waals surface area contributed by atoms with E-state index in [4.69, 9.17) is 5.73 Å². The Labute approximate surface area is 121 Å². The number of nitrogen functional groups attached to an aromatic ring is 1. The first-order valence-corrected chi connectivity index (χ1v) is 7.57. The summed E-state index contributed by atoms with van der Waals surface area (Å²) in [6.07, 6.45) is 2.19. The molecule has 0 radical (unpaired) electrons. The van der Waals surface area contributed by atoms with Gasteiger partial charge in [0.15, 0.2) is 0 Å². The van der Waals surface area contributed by atoms with E-state index in [2.05, 4.69) is 34.3 Å². The van der Waals surface area contributed by atoms with Crippen molar-refractivity contribution in [2.75, 3.05) is 43.4 Å². The summed E-state index contributed by atoms with van der Waals surface area (Å²) in [7, 11) is 0. The van der Waals surface area contributed by atoms with Crippen LogP contribution >= 0.6 is 0 Å². The maximum Gasteiger partial charge on any atom is 0.133 e. The van der Waals surface area contributed by atoms with E-state index < -0.39 is 0 Å². The molecule has 1 aromatic heterocycles. The number of rotatable bonds is 5. The number of aromatic nitrogens is 1. The molecule has 1 saturated heterocycles. The van der Waals surface area contributed by atoms with Crippen molar-refractivity contribution in [3.63, 3.8) is 0 Å². The largest absolute Gasteiger partial charge is 0.396 e. The summed E-state index contributed by atoms with van der Waals surface area (Å²) in [5.41, 5.74) is 7.58. The lowest BCUT2D eigenvalue weighted by Gasteiger charge is -2.36. The van der Waals surface area contributed by atoms with Gasteiger partial charge in [-0.05, 0) is 19.0 Å². The SMILES string of the molecule is CCCCn1c(C#N)cc(N)c1N1CCN(CC)CC1. The third kappa shape index (κ3) is 2.91. The molecule has 0 amide bonds. The summed E-state index contributed by atoms with van der Waals surface area (Å²) in [5, 5.41) is 9.28. The first-order valence-electron chi connectivity index (χ1n) is 7.57. The van der Waals surface area contributed by atoms with Crippen molar-refractivity contribution < 1.29 is 0 Å². The van der Waals surface area contributed by atoms with Crippen molar-refractivity contribution in [2.45, 2.75) is 33.2 Å². The van der Waals surface area contributed by atoms with E-state index in [0.717, 1.165) is 63.6 Å². The van der Waals surface area contributed by atoms with E-state index in [0.29, 0.717) is 5.69 Å². The van der Waals surface area contributed by atoms with Gasteiger partial charge in [0, 0.05) is 32.7 Å². The number of unbranched alkanes of at least 4 members (excludes halogenated alkanes) is 1. The summed E-state index contributed by atoms with van der Waals surface area (Å²) >= 11 is 0. The van der Waals surface area contributed by atoms with Gasteiger partial charge < -0.3 is 20.1 Å². The van der Waals surface area contributed by atoms with E-state index in [-0.39, 0.29) is 0 Å². The highest BCUT2D eigenvalue weighted by Gasteiger charge is 2.22. The standard InChI is InChI=1S/C15H25N5/c1-3-5-6-20-13(12-16)11-14(17)15(20)19-9-7-18(4-2)8-10-19/h11H,3-10,17H2,1-2H3. The number of anilines is 2. The van der Waals surface area contributed by atoms with Gasteiger partial charge in [0.2, 0.25) is 0 Å². The third-order valence-corrected chi connectivity index (χ3v) is 4.07. The van der Waals surface area contributed by atoms with Gasteiger partial charge in [-0.25, -0.2) is 0 Å². The van der Waals surface area contributed by atoms with Gasteiger partial charge in [-0.3, -0.25) is 0 Å². The second kappa shape index (κ2) is 6.67. The molecular weight excluding hydrogens is 250 g/mol. The molecule has 1 fully saturated rings. The number of hydrogen-bond donors (Lipinski definition) is 1. The van der Waals surface area contributed by atoms with Crippen LogP contribution in [0.2, 0.25) is 0 Å². The third-order valence-electron chi connectivity index (χ3n) is 4.07. The van der Waals surface area contributed by atoms with Gasteiger partial charge in [0.25, 0.3) is 0 Å². The highest BCUT2D eigenvalue weighted by Crippen LogP contribution is 2.29. The van der Waals surface area contributed by atoms with Crippen LogP contribution in [-0.2, 0) is 6.54 Å². The van der Waals surface area contributed by atoms with Crippen LogP contribution < -0.4 is 10.6 Å². The summed E-state index contributed by atoms with van der Waals surface area (Å²) in [5.74, 6) is 1.05. The van der Waals surface area contributed by atoms with Gasteiger partial charge in [-0.15, -0.1) is 0 Å². The second-order valence-corrected chi connectivity index (χ2v) is 5.35. The van der Waals surface area contributed by atoms with E-state index in [1.165, 1.54) is 0 Å². The molecule has 0 bridgehead atoms. The summed E-state index contributed by atoms with van der Waals surface area (Å²) in [4.78, 5) is 4.77. The van der Waals surface area contributed by atoms with Gasteiger partial charge in [0.05, 0.1) is 5.69 Å². The lowest BCUT2D eigenvalue weighted by atomic mass is 10.3. The maximum atomic E-state index is 9.28. The molecule has 5 nitrogen and oxygen atoms in total. The molecule has 0 saturated carbocycles. The Morgan fingerprint density at radius 1 is 1.25 bits per heavy atom. The zero-order valence-electron chi connectivity index (χ0n) is 12.6. The molecule has 1 aliphatic rings. The molecule has 1 aliphatic heterocycles. The number of piperazine rings is 1. The molecule has 0 spiro atoms. The Bertz CT molecular complexity index is 477. The van der Waals surface area contributed by atoms with Crippen molar-refractivity contribution in [1.82, 2.24) is 9.47 Å². The molecule has 2 rings (SSSR count). The Hall–Kier alpha value is -1.67. The summed E-state index contributed by atoms with van der Waals surface area (Å²) in [6, 6.07) is 4.09. The fourth-order valence-corrected chi connectivity index (χ4v) is 2.82. The quantitative estimate of drug-likeness (QED) is 0.891. The molecular formula is C15H25N5. The molecule has 0 atom stereocenters. The first kappa shape index (κ1) is 14.7. The van der Waals surface area contributed by atoms with Gasteiger partial charge in [0.1, 0.15) is 17.6 Å². The molecule has 5 heteroatoms. The maximum absolute atomic E-state index is 9.28. The van der Waals surface area contributed by atoms with E-state index in [1.54, 1.807) is 0 Å². The number of hydrogen-bond acceptors (Lipinski definition) is 4. The van der Waals surface area contributed by atoms with Crippen LogP contribution in [-0.4, -0.2) is 42.2 Å². The predicted molar refractivity (Wildman–Crippen MR) is 82.8 cm³/mol. The van der Waals surface area contributed by atoms with Crippen molar-refractivity contribution in [3.8, 4) is 6.07 Å². The number of nitrogens with two attached hydrogens (primary N) is 1. The lowest BCUT2D eigenvalue weighted by Crippen LogP contribution is -2.47. The van der Waals surface area contributed by atoms with Crippen molar-refractivity contribution in [3.05, 3.63) is 11.8 Å². The first-order chi connectivity index (χ1) is 9.71. The topological polar surface area (TPSA) is 61.2 Å². The Balaban J connectivity index is 2.22. The minimum atomic E-state index is 0.684. The van der Waals surface area contributed by atoms with Crippen LogP contribution in [0.5, 0.6) is 0 Å². The van der Waals surface area contributed by atoms with Crippen LogP contribution in [0, 0.1) is 11.3 Å². The molecule has 2 heterocycles. The average Bonchev–Trinajstić information content (AvgIpc) is 2.81. The molecule has 1 aromatic rings. The Kier molecular flexibility index (Phi) is 4.91. The highest BCUT2D eigenvalue weighted by molar-refractivity contribution is 5.68. The molecule has 110 valence electrons. The predicted octanol–water partition coefficient (Wildman–Crippen LogP) is 1.88. The fourth-order valence-electron chi connectivity index (χ4n) is 2.82. The molecule has 0 unspecified atom stereocenters. The average molecular weight is 275 g/mol. The van der Waals surface area contributed by atoms with Gasteiger partial charge in [-0.1, -0.05) is 20.3 Å². The van der Waals surface area contributed by atoms with Gasteiger partial charge in [-0.2, -0.15) is 5.26 Å². The Morgan fingerprint density at radius 2 is 1.95 bits per heavy atom. The number of nitriles is 1. The lowest BCUT2D eigenvalue weighted by molar-refractivity contribution is 0.270. The number of likely N-dealkylation sites (N-methyl/N-ethyl adjacent to an activating group) is 1. The van der Waals surface area contributed by atoms with Crippen LogP contribution in [0.15, 0.2) is 6.07 Å². The van der Waals surface area contributed by atoms with Crippen LogP contribution in [0.3, 0.4) is 0 Å². The normalized spacial score (nSPS) is 16.4. The minimum absolute atomic E-state index is 0.684. The molecule has 0 aliphatic carbocycles. The van der Waals surface area contributed by atoms with Crippen molar-refractivity contribution >= 4 is 11.5 Å². The fraction of sp³-hybridized carbons (Fsp3) is 0.667. The smallest absolute Gasteiger partial charge is 0.133 e. The van der Waals surface area contributed by atoms with E-state index >= 15 is 0 Å². The number of nitrogens with zero attached hydrogens (tertiary/aromatic N) is 4. The zero-order chi connectivity index (χ0) is 14.5. The van der Waals surface area contributed by atoms with Crippen LogP contribution in [0.25, 0.3) is 0 Å². The van der Waals surface area contributed by atoms with Crippen molar-refractivity contribution in [1.29, 1.82) is 5.26 Å². The molecule has 20 heavy (non-hydrogen) atoms. The summed E-state index contributed by atoms with van der Waals surface area (Å²) < 4.78 is 2.10. The minimum Gasteiger partial charge on any atom is -0.396 e. The zero-order valence-corrected chi connectivity index (χ0v) is 12.6. The monoisotopic (exact) mass is 275 g/mol. The van der Waals surface area contributed by atoms with Crippen LogP contribution in [0.4, 0.5) is 11.5 Å². The second-order valence-electron chi connectivity index (χ2n) is 5.35. The molecule has 0 aromatic carbocycles. The van der Waals surface area contributed by atoms with E-state index in [1.807, 2.05) is 6.07 Å². The van der Waals surface area contributed by atoms with Crippen LogP contribution in [0.1, 0.15) is 32.4 Å². The Morgan fingerprint density at radius 3 is 2.50 bits per heavy atom. The van der Waals surface area contributed by atoms with Gasteiger partial charge >= 0.3 is 0 Å². The molecule has 2 N–H and O–H groups in total. The van der Waals surface area contributed by atoms with Crippen molar-refractivity contribution in [2.24, 2.45) is 0 Å². The van der Waals surface area contributed by atoms with E-state index in [9.17, 15) is 5.26 Å². The summed E-state index contributed by atoms with van der Waals surface area (Å²) in [6.45, 7) is 10.4.